The molecule has 0 saturated carbocycles. The van der Waals surface area contributed by atoms with Gasteiger partial charge in [0.15, 0.2) is 17.3 Å². The number of oxime groups is 1. The van der Waals surface area contributed by atoms with Crippen LogP contribution < -0.4 is 14.2 Å². The predicted molar refractivity (Wildman–Crippen MR) is 91.5 cm³/mol. The molecule has 1 aliphatic rings. The van der Waals surface area contributed by atoms with E-state index in [1.807, 2.05) is 0 Å². The van der Waals surface area contributed by atoms with Gasteiger partial charge in [0, 0.05) is 5.57 Å². The Hall–Kier alpha value is -3.09. The molecule has 0 saturated heterocycles. The van der Waals surface area contributed by atoms with Gasteiger partial charge in [-0.3, -0.25) is 4.79 Å². The molecule has 1 aromatic rings. The zero-order valence-electron chi connectivity index (χ0n) is 14.7. The summed E-state index contributed by atoms with van der Waals surface area (Å²) in [5.74, 6) is 0.249. The Morgan fingerprint density at radius 3 is 2.04 bits per heavy atom. The van der Waals surface area contributed by atoms with E-state index >= 15 is 0 Å². The van der Waals surface area contributed by atoms with E-state index in [4.69, 9.17) is 19.0 Å². The van der Waals surface area contributed by atoms with Crippen molar-refractivity contribution >= 4 is 17.5 Å². The number of hydrogen-bond donors (Lipinski definition) is 0. The number of benzene rings is 1. The van der Waals surface area contributed by atoms with E-state index < -0.39 is 5.97 Å². The van der Waals surface area contributed by atoms with Gasteiger partial charge in [0.1, 0.15) is 5.71 Å². The first kappa shape index (κ1) is 18.3. The summed E-state index contributed by atoms with van der Waals surface area (Å²) in [4.78, 5) is 28.8. The third-order valence-corrected chi connectivity index (χ3v) is 3.84. The number of nitrogens with zero attached hydrogens (tertiary/aromatic N) is 1. The Labute approximate surface area is 145 Å². The molecule has 0 spiro atoms. The molecule has 0 fully saturated rings. The third-order valence-electron chi connectivity index (χ3n) is 3.84. The quantitative estimate of drug-likeness (QED) is 0.463. The molecule has 1 aromatic carbocycles. The third kappa shape index (κ3) is 3.71. The molecule has 7 heteroatoms. The fourth-order valence-electron chi connectivity index (χ4n) is 2.22. The van der Waals surface area contributed by atoms with Crippen molar-refractivity contribution in [3.63, 3.8) is 0 Å². The molecule has 7 nitrogen and oxygen atoms in total. The Morgan fingerprint density at radius 1 is 0.920 bits per heavy atom. The predicted octanol–water partition coefficient (Wildman–Crippen LogP) is 2.70. The van der Waals surface area contributed by atoms with E-state index in [9.17, 15) is 9.59 Å². The van der Waals surface area contributed by atoms with Crippen molar-refractivity contribution in [3.05, 3.63) is 41.0 Å². The van der Waals surface area contributed by atoms with Crippen LogP contribution in [0.25, 0.3) is 0 Å². The molecular formula is C18H19NO6. The van der Waals surface area contributed by atoms with Gasteiger partial charge in [-0.15, -0.1) is 0 Å². The summed E-state index contributed by atoms with van der Waals surface area (Å²) in [6.07, 6.45) is 2.89. The molecular weight excluding hydrogens is 326 g/mol. The number of allylic oxidation sites excluding steroid dienone is 4. The smallest absolute Gasteiger partial charge is 0.366 e. The second-order valence-corrected chi connectivity index (χ2v) is 5.22. The summed E-state index contributed by atoms with van der Waals surface area (Å²) in [5.41, 5.74) is 1.82. The van der Waals surface area contributed by atoms with Gasteiger partial charge in [0.2, 0.25) is 5.75 Å². The van der Waals surface area contributed by atoms with Crippen LogP contribution in [0.2, 0.25) is 0 Å². The highest BCUT2D eigenvalue weighted by molar-refractivity contribution is 6.21. The lowest BCUT2D eigenvalue weighted by Crippen LogP contribution is -2.12. The SMILES string of the molecule is COc1cc(C(=O)ON=C2C=CC(=O)C(C)=C2C)cc(OC)c1OC. The second-order valence-electron chi connectivity index (χ2n) is 5.22. The molecule has 132 valence electrons. The van der Waals surface area contributed by atoms with Gasteiger partial charge in [-0.2, -0.15) is 0 Å². The van der Waals surface area contributed by atoms with Gasteiger partial charge in [-0.25, -0.2) is 4.79 Å². The lowest BCUT2D eigenvalue weighted by atomic mass is 9.97. The molecule has 0 aliphatic heterocycles. The highest BCUT2D eigenvalue weighted by atomic mass is 16.7. The standard InChI is InChI=1S/C18H19NO6/c1-10-11(2)14(20)7-6-13(10)19-25-18(21)12-8-15(22-3)17(24-5)16(9-12)23-4/h6-9H,1-5H3. The molecule has 0 amide bonds. The molecule has 0 N–H and O–H groups in total. The van der Waals surface area contributed by atoms with Gasteiger partial charge in [0.25, 0.3) is 0 Å². The fraction of sp³-hybridized carbons (Fsp3) is 0.278. The Kier molecular flexibility index (Phi) is 5.59. The van der Waals surface area contributed by atoms with Crippen LogP contribution in [0.4, 0.5) is 0 Å². The highest BCUT2D eigenvalue weighted by Crippen LogP contribution is 2.38. The van der Waals surface area contributed by atoms with E-state index in [0.29, 0.717) is 34.1 Å². The average molecular weight is 345 g/mol. The zero-order valence-corrected chi connectivity index (χ0v) is 14.7. The van der Waals surface area contributed by atoms with Gasteiger partial charge in [0.05, 0.1) is 26.9 Å². The van der Waals surface area contributed by atoms with Crippen molar-refractivity contribution in [2.24, 2.45) is 5.16 Å². The molecule has 2 rings (SSSR count). The zero-order chi connectivity index (χ0) is 18.6. The normalized spacial score (nSPS) is 15.4. The van der Waals surface area contributed by atoms with Gasteiger partial charge >= 0.3 is 5.97 Å². The number of ketones is 1. The molecule has 0 atom stereocenters. The van der Waals surface area contributed by atoms with Crippen molar-refractivity contribution in [3.8, 4) is 17.2 Å². The first-order valence-corrected chi connectivity index (χ1v) is 7.42. The Balaban J connectivity index is 2.29. The maximum atomic E-state index is 12.3. The van der Waals surface area contributed by atoms with E-state index in [1.165, 1.54) is 45.6 Å². The van der Waals surface area contributed by atoms with Gasteiger partial charge in [-0.1, -0.05) is 5.16 Å². The number of methoxy groups -OCH3 is 3. The molecule has 0 heterocycles. The summed E-state index contributed by atoms with van der Waals surface area (Å²) in [5, 5.41) is 3.84. The van der Waals surface area contributed by atoms with Crippen LogP contribution in [0.15, 0.2) is 40.6 Å². The van der Waals surface area contributed by atoms with Crippen LogP contribution in [0.1, 0.15) is 24.2 Å². The molecule has 0 radical (unpaired) electrons. The highest BCUT2D eigenvalue weighted by Gasteiger charge is 2.19. The van der Waals surface area contributed by atoms with Crippen LogP contribution in [0.3, 0.4) is 0 Å². The molecule has 0 unspecified atom stereocenters. The molecule has 0 aromatic heterocycles. The van der Waals surface area contributed by atoms with Crippen molar-refractivity contribution in [2.45, 2.75) is 13.8 Å². The first-order valence-electron chi connectivity index (χ1n) is 7.42. The summed E-state index contributed by atoms with van der Waals surface area (Å²) in [6, 6.07) is 2.94. The summed E-state index contributed by atoms with van der Waals surface area (Å²) in [6.45, 7) is 3.43. The Morgan fingerprint density at radius 2 is 1.52 bits per heavy atom. The largest absolute Gasteiger partial charge is 0.493 e. The number of hydrogen-bond acceptors (Lipinski definition) is 7. The maximum absolute atomic E-state index is 12.3. The number of carbonyl (C=O) groups excluding carboxylic acids is 2. The van der Waals surface area contributed by atoms with Crippen molar-refractivity contribution in [1.29, 1.82) is 0 Å². The second kappa shape index (κ2) is 7.65. The van der Waals surface area contributed by atoms with E-state index in [2.05, 4.69) is 5.16 Å². The monoisotopic (exact) mass is 345 g/mol. The van der Waals surface area contributed by atoms with Crippen molar-refractivity contribution < 1.29 is 28.6 Å². The molecule has 1 aliphatic carbocycles. The van der Waals surface area contributed by atoms with Crippen LogP contribution in [0.5, 0.6) is 17.2 Å². The van der Waals surface area contributed by atoms with Gasteiger partial charge in [-0.05, 0) is 43.7 Å². The van der Waals surface area contributed by atoms with Crippen molar-refractivity contribution in [1.82, 2.24) is 0 Å². The van der Waals surface area contributed by atoms with Crippen LogP contribution in [-0.4, -0.2) is 38.8 Å². The van der Waals surface area contributed by atoms with E-state index in [-0.39, 0.29) is 11.3 Å². The number of rotatable bonds is 5. The average Bonchev–Trinajstić information content (AvgIpc) is 2.63. The summed E-state index contributed by atoms with van der Waals surface area (Å²) < 4.78 is 15.6. The van der Waals surface area contributed by atoms with E-state index in [1.54, 1.807) is 13.8 Å². The minimum absolute atomic E-state index is 0.0904. The summed E-state index contributed by atoms with van der Waals surface area (Å²) in [7, 11) is 4.37. The topological polar surface area (TPSA) is 83.4 Å². The van der Waals surface area contributed by atoms with Gasteiger partial charge < -0.3 is 19.0 Å². The first-order chi connectivity index (χ1) is 11.9. The fourth-order valence-corrected chi connectivity index (χ4v) is 2.22. The molecule has 0 bridgehead atoms. The minimum atomic E-state index is -0.692. The lowest BCUT2D eigenvalue weighted by molar-refractivity contribution is -0.111. The van der Waals surface area contributed by atoms with Crippen LogP contribution in [0, 0.1) is 0 Å². The molecule has 25 heavy (non-hydrogen) atoms. The number of ether oxygens (including phenoxy) is 3. The minimum Gasteiger partial charge on any atom is -0.493 e. The number of carbonyl (C=O) groups is 2. The maximum Gasteiger partial charge on any atom is 0.366 e. The lowest BCUT2D eigenvalue weighted by Gasteiger charge is -2.13. The van der Waals surface area contributed by atoms with Crippen LogP contribution >= 0.6 is 0 Å². The van der Waals surface area contributed by atoms with E-state index in [0.717, 1.165) is 0 Å². The van der Waals surface area contributed by atoms with Crippen molar-refractivity contribution in [2.75, 3.05) is 21.3 Å². The Bertz CT molecular complexity index is 779. The van der Waals surface area contributed by atoms with Crippen LogP contribution in [-0.2, 0) is 9.63 Å². The summed E-state index contributed by atoms with van der Waals surface area (Å²) >= 11 is 0.